The molecule has 2 aliphatic rings. The summed E-state index contributed by atoms with van der Waals surface area (Å²) in [7, 11) is 0. The normalized spacial score (nSPS) is 20.9. The molecule has 15 heteroatoms. The van der Waals surface area contributed by atoms with Crippen LogP contribution in [0.5, 0.6) is 0 Å². The lowest BCUT2D eigenvalue weighted by atomic mass is 9.97. The average Bonchev–Trinajstić information content (AvgIpc) is 3.22. The smallest absolute Gasteiger partial charge is 0.358 e. The number of nitrogen functional groups attached to an aromatic ring is 1. The summed E-state index contributed by atoms with van der Waals surface area (Å²) in [4.78, 5) is 56.2. The van der Waals surface area contributed by atoms with Crippen molar-refractivity contribution in [1.29, 1.82) is 0 Å². The summed E-state index contributed by atoms with van der Waals surface area (Å²) in [5.74, 6) is -1.77. The maximum Gasteiger partial charge on any atom is 0.358 e. The molecule has 3 rings (SSSR count). The largest absolute Gasteiger partial charge is 0.425 e. The van der Waals surface area contributed by atoms with E-state index in [-0.39, 0.29) is 22.2 Å². The second-order valence-corrected chi connectivity index (χ2v) is 11.8. The number of thioether (sulfide) groups is 2. The minimum Gasteiger partial charge on any atom is -0.425 e. The summed E-state index contributed by atoms with van der Waals surface area (Å²) in [6, 6.07) is -0.968. The van der Waals surface area contributed by atoms with Crippen LogP contribution >= 0.6 is 34.9 Å². The predicted molar refractivity (Wildman–Crippen MR) is 136 cm³/mol. The van der Waals surface area contributed by atoms with Crippen LogP contribution < -0.4 is 11.1 Å². The first kappa shape index (κ1) is 27.8. The van der Waals surface area contributed by atoms with Crippen molar-refractivity contribution in [2.45, 2.75) is 45.4 Å². The monoisotopic (exact) mass is 557 g/mol. The molecule has 3 atom stereocenters. The number of nitrogens with zero attached hydrogens (tertiary/aromatic N) is 3. The lowest BCUT2D eigenvalue weighted by Gasteiger charge is -2.49. The summed E-state index contributed by atoms with van der Waals surface area (Å²) in [6.45, 7) is 6.45. The van der Waals surface area contributed by atoms with Crippen LogP contribution in [-0.2, 0) is 28.7 Å². The number of nitrogens with one attached hydrogen (secondary N) is 1. The molecule has 1 saturated heterocycles. The molecule has 2 unspecified atom stereocenters. The lowest BCUT2D eigenvalue weighted by molar-refractivity contribution is -0.190. The van der Waals surface area contributed by atoms with Crippen molar-refractivity contribution in [3.63, 3.8) is 0 Å². The summed E-state index contributed by atoms with van der Waals surface area (Å²) >= 11 is 3.92. The Morgan fingerprint density at radius 1 is 1.39 bits per heavy atom. The van der Waals surface area contributed by atoms with Gasteiger partial charge in [-0.1, -0.05) is 5.16 Å². The second-order valence-electron chi connectivity index (χ2n) is 8.89. The quantitative estimate of drug-likeness (QED) is 0.105. The van der Waals surface area contributed by atoms with Gasteiger partial charge in [0.2, 0.25) is 6.29 Å². The number of carbonyl (C=O) groups is 4. The standard InChI is InChI=1S/C21H27N5O7S3/c1-9(33-19(30)21(2,3)4)32-18(29)14-10(6-34-5)7-35-17-13(16(28)26(14)17)24-15(27)12(25-31)11-8-36-20(22)23-11/h8-9,13,17,31H,6-7H2,1-5H3,(H2,22,23)(H,24,27)/t9?,13?,17-/m1/s1. The fourth-order valence-corrected chi connectivity index (χ4v) is 5.94. The van der Waals surface area contributed by atoms with Gasteiger partial charge in [-0.25, -0.2) is 9.78 Å². The van der Waals surface area contributed by atoms with E-state index in [1.165, 1.54) is 40.7 Å². The van der Waals surface area contributed by atoms with Gasteiger partial charge in [0, 0.05) is 23.8 Å². The number of hydrogen-bond acceptors (Lipinski definition) is 13. The number of ether oxygens (including phenoxy) is 2. The Balaban J connectivity index is 1.75. The van der Waals surface area contributed by atoms with E-state index in [9.17, 15) is 24.4 Å². The third-order valence-corrected chi connectivity index (χ3v) is 7.73. The van der Waals surface area contributed by atoms with E-state index >= 15 is 0 Å². The molecule has 1 aromatic heterocycles. The van der Waals surface area contributed by atoms with Crippen LogP contribution in [0.1, 0.15) is 33.4 Å². The zero-order chi connectivity index (χ0) is 26.8. The first-order valence-corrected chi connectivity index (χ1v) is 14.0. The first-order valence-electron chi connectivity index (χ1n) is 10.7. The summed E-state index contributed by atoms with van der Waals surface area (Å²) in [5.41, 5.74) is 5.25. The van der Waals surface area contributed by atoms with Crippen LogP contribution in [0, 0.1) is 5.41 Å². The fraction of sp³-hybridized carbons (Fsp3) is 0.524. The summed E-state index contributed by atoms with van der Waals surface area (Å²) < 4.78 is 10.6. The SMILES string of the molecule is CSCC1=C(C(=O)OC(C)OC(=O)C(C)(C)C)N2C(=O)C(NC(=O)C(=NO)c3csc(N)n3)[C@H]2SC1. The number of β-lactam (4-membered cyclic amide) rings is 1. The lowest BCUT2D eigenvalue weighted by Crippen LogP contribution is -2.71. The number of hydrogen-bond donors (Lipinski definition) is 3. The number of aromatic nitrogens is 1. The van der Waals surface area contributed by atoms with Gasteiger partial charge in [-0.15, -0.1) is 23.1 Å². The van der Waals surface area contributed by atoms with Gasteiger partial charge in [0.25, 0.3) is 11.8 Å². The number of fused-ring (bicyclic) bond motifs is 1. The maximum atomic E-state index is 13.1. The van der Waals surface area contributed by atoms with Crippen LogP contribution in [-0.4, -0.2) is 80.0 Å². The molecule has 0 radical (unpaired) electrons. The van der Waals surface area contributed by atoms with Crippen molar-refractivity contribution < 1.29 is 33.9 Å². The van der Waals surface area contributed by atoms with E-state index < -0.39 is 46.9 Å². The minimum atomic E-state index is -1.17. The van der Waals surface area contributed by atoms with E-state index in [0.29, 0.717) is 17.1 Å². The Hall–Kier alpha value is -2.78. The molecule has 0 aromatic carbocycles. The molecule has 36 heavy (non-hydrogen) atoms. The molecule has 12 nitrogen and oxygen atoms in total. The number of carbonyl (C=O) groups excluding carboxylic acids is 4. The predicted octanol–water partition coefficient (Wildman–Crippen LogP) is 1.40. The van der Waals surface area contributed by atoms with Gasteiger partial charge in [-0.3, -0.25) is 19.3 Å². The van der Waals surface area contributed by atoms with Crippen molar-refractivity contribution in [2.75, 3.05) is 23.5 Å². The number of esters is 2. The van der Waals surface area contributed by atoms with E-state index in [1.54, 1.807) is 20.8 Å². The van der Waals surface area contributed by atoms with E-state index in [2.05, 4.69) is 15.5 Å². The molecule has 0 aliphatic carbocycles. The van der Waals surface area contributed by atoms with Crippen LogP contribution in [0.25, 0.3) is 0 Å². The Labute approximate surface area is 220 Å². The van der Waals surface area contributed by atoms with Crippen molar-refractivity contribution in [3.05, 3.63) is 22.3 Å². The highest BCUT2D eigenvalue weighted by Crippen LogP contribution is 2.41. The topological polar surface area (TPSA) is 174 Å². The number of oxime groups is 1. The number of nitrogens with two attached hydrogens (primary N) is 1. The molecular formula is C21H27N5O7S3. The Kier molecular flexibility index (Phi) is 8.56. The van der Waals surface area contributed by atoms with Crippen molar-refractivity contribution in [3.8, 4) is 0 Å². The molecule has 0 spiro atoms. The van der Waals surface area contributed by atoms with Gasteiger partial charge < -0.3 is 25.7 Å². The van der Waals surface area contributed by atoms with Gasteiger partial charge in [-0.05, 0) is 32.6 Å². The van der Waals surface area contributed by atoms with Crippen molar-refractivity contribution in [2.24, 2.45) is 10.6 Å². The maximum absolute atomic E-state index is 13.1. The molecule has 4 N–H and O–H groups in total. The second kappa shape index (κ2) is 11.1. The third kappa shape index (κ3) is 5.78. The first-order chi connectivity index (χ1) is 16.9. The molecule has 0 bridgehead atoms. The van der Waals surface area contributed by atoms with Gasteiger partial charge >= 0.3 is 11.9 Å². The van der Waals surface area contributed by atoms with Crippen LogP contribution in [0.4, 0.5) is 5.13 Å². The summed E-state index contributed by atoms with van der Waals surface area (Å²) in [6.07, 6.45) is 0.698. The van der Waals surface area contributed by atoms with Crippen molar-refractivity contribution >= 4 is 69.5 Å². The van der Waals surface area contributed by atoms with Crippen LogP contribution in [0.3, 0.4) is 0 Å². The number of amides is 2. The van der Waals surface area contributed by atoms with E-state index in [0.717, 1.165) is 11.3 Å². The molecule has 2 aliphatic heterocycles. The van der Waals surface area contributed by atoms with E-state index in [4.69, 9.17) is 15.2 Å². The van der Waals surface area contributed by atoms with Gasteiger partial charge in [0.15, 0.2) is 10.8 Å². The van der Waals surface area contributed by atoms with Crippen molar-refractivity contribution in [1.82, 2.24) is 15.2 Å². The molecule has 0 saturated carbocycles. The number of thiazole rings is 1. The molecular weight excluding hydrogens is 530 g/mol. The van der Waals surface area contributed by atoms with Gasteiger partial charge in [0.1, 0.15) is 22.8 Å². The van der Waals surface area contributed by atoms with Gasteiger partial charge in [0.05, 0.1) is 5.41 Å². The molecule has 1 aromatic rings. The minimum absolute atomic E-state index is 0.0719. The zero-order valence-electron chi connectivity index (χ0n) is 20.3. The Morgan fingerprint density at radius 2 is 2.08 bits per heavy atom. The van der Waals surface area contributed by atoms with Crippen LogP contribution in [0.15, 0.2) is 21.8 Å². The Morgan fingerprint density at radius 3 is 2.64 bits per heavy atom. The Bertz CT molecular complexity index is 1130. The number of anilines is 1. The fourth-order valence-electron chi connectivity index (χ4n) is 3.33. The van der Waals surface area contributed by atoms with E-state index in [1.807, 2.05) is 6.26 Å². The highest BCUT2D eigenvalue weighted by molar-refractivity contribution is 8.00. The third-order valence-electron chi connectivity index (χ3n) is 5.08. The molecule has 2 amide bonds. The molecule has 196 valence electrons. The average molecular weight is 558 g/mol. The highest BCUT2D eigenvalue weighted by atomic mass is 32.2. The van der Waals surface area contributed by atoms with Crippen LogP contribution in [0.2, 0.25) is 0 Å². The highest BCUT2D eigenvalue weighted by Gasteiger charge is 2.54. The molecule has 1 fully saturated rings. The number of rotatable bonds is 8. The zero-order valence-corrected chi connectivity index (χ0v) is 22.7. The van der Waals surface area contributed by atoms with Gasteiger partial charge in [-0.2, -0.15) is 11.8 Å². The summed E-state index contributed by atoms with van der Waals surface area (Å²) in [5, 5.41) is 15.9. The molecule has 3 heterocycles.